The highest BCUT2D eigenvalue weighted by Gasteiger charge is 2.16. The maximum Gasteiger partial charge on any atom is 0.246 e. The minimum absolute atomic E-state index is 0.115. The molecule has 2 aromatic carbocycles. The van der Waals surface area contributed by atoms with Crippen molar-refractivity contribution < 1.29 is 4.79 Å². The van der Waals surface area contributed by atoms with E-state index >= 15 is 0 Å². The minimum Gasteiger partial charge on any atom is -0.324 e. The van der Waals surface area contributed by atoms with Crippen LogP contribution in [0.2, 0.25) is 0 Å². The van der Waals surface area contributed by atoms with Crippen molar-refractivity contribution in [3.05, 3.63) is 78.1 Å². The number of anilines is 1. The van der Waals surface area contributed by atoms with Crippen LogP contribution in [0.1, 0.15) is 11.3 Å². The number of aryl methyl sites for hydroxylation is 2. The number of amides is 1. The van der Waals surface area contributed by atoms with E-state index in [1.54, 1.807) is 10.9 Å². The second-order valence-electron chi connectivity index (χ2n) is 6.58. The van der Waals surface area contributed by atoms with Gasteiger partial charge in [-0.15, -0.1) is 0 Å². The van der Waals surface area contributed by atoms with Gasteiger partial charge in [-0.3, -0.25) is 4.79 Å². The fourth-order valence-corrected chi connectivity index (χ4v) is 3.22. The van der Waals surface area contributed by atoms with Crippen molar-refractivity contribution in [3.63, 3.8) is 0 Å². The smallest absolute Gasteiger partial charge is 0.246 e. The molecule has 2 heterocycles. The average Bonchev–Trinajstić information content (AvgIpc) is 2.99. The zero-order chi connectivity index (χ0) is 18.8. The Kier molecular flexibility index (Phi) is 4.42. The van der Waals surface area contributed by atoms with Gasteiger partial charge in [-0.1, -0.05) is 48.0 Å². The summed E-state index contributed by atoms with van der Waals surface area (Å²) in [6, 6.07) is 19.8. The standard InChI is InChI=1S/C22H20N4O/c1-15-8-10-17(11-9-15)19-12-13-23-22-21(19)16(2)25-26(22)14-20(27)24-18-6-4-3-5-7-18/h3-13H,14H2,1-2H3,(H,24,27). The van der Waals surface area contributed by atoms with Gasteiger partial charge in [0.1, 0.15) is 6.54 Å². The summed E-state index contributed by atoms with van der Waals surface area (Å²) < 4.78 is 1.67. The number of aromatic nitrogens is 3. The van der Waals surface area contributed by atoms with Gasteiger partial charge in [0.15, 0.2) is 5.65 Å². The molecule has 2 aromatic heterocycles. The van der Waals surface area contributed by atoms with Crippen LogP contribution in [-0.2, 0) is 11.3 Å². The Bertz CT molecular complexity index is 1100. The second kappa shape index (κ2) is 7.03. The van der Waals surface area contributed by atoms with Crippen LogP contribution in [-0.4, -0.2) is 20.7 Å². The molecule has 0 saturated carbocycles. The Labute approximate surface area is 157 Å². The molecule has 4 rings (SSSR count). The summed E-state index contributed by atoms with van der Waals surface area (Å²) in [5.74, 6) is -0.131. The van der Waals surface area contributed by atoms with E-state index in [4.69, 9.17) is 0 Å². The molecule has 0 atom stereocenters. The fraction of sp³-hybridized carbons (Fsp3) is 0.136. The molecular formula is C22H20N4O. The topological polar surface area (TPSA) is 59.8 Å². The third-order valence-corrected chi connectivity index (χ3v) is 4.52. The number of carbonyl (C=O) groups excluding carboxylic acids is 1. The highest BCUT2D eigenvalue weighted by molar-refractivity contribution is 5.96. The zero-order valence-electron chi connectivity index (χ0n) is 15.3. The molecule has 0 radical (unpaired) electrons. The minimum atomic E-state index is -0.131. The van der Waals surface area contributed by atoms with E-state index in [0.29, 0.717) is 5.65 Å². The summed E-state index contributed by atoms with van der Waals surface area (Å²) >= 11 is 0. The molecule has 4 aromatic rings. The number of para-hydroxylation sites is 1. The van der Waals surface area contributed by atoms with Crippen LogP contribution in [0.15, 0.2) is 66.9 Å². The highest BCUT2D eigenvalue weighted by Crippen LogP contribution is 2.30. The van der Waals surface area contributed by atoms with E-state index in [-0.39, 0.29) is 12.5 Å². The summed E-state index contributed by atoms with van der Waals surface area (Å²) in [4.78, 5) is 16.9. The van der Waals surface area contributed by atoms with Gasteiger partial charge in [0.25, 0.3) is 0 Å². The normalized spacial score (nSPS) is 10.9. The zero-order valence-corrected chi connectivity index (χ0v) is 15.3. The lowest BCUT2D eigenvalue weighted by atomic mass is 10.0. The van der Waals surface area contributed by atoms with Gasteiger partial charge in [-0.2, -0.15) is 5.10 Å². The van der Waals surface area contributed by atoms with Crippen molar-refractivity contribution in [2.75, 3.05) is 5.32 Å². The van der Waals surface area contributed by atoms with Gasteiger partial charge in [0.05, 0.1) is 5.69 Å². The number of pyridine rings is 1. The van der Waals surface area contributed by atoms with Crippen LogP contribution in [0.5, 0.6) is 0 Å². The van der Waals surface area contributed by atoms with Crippen molar-refractivity contribution in [2.24, 2.45) is 0 Å². The lowest BCUT2D eigenvalue weighted by molar-refractivity contribution is -0.116. The molecule has 0 unspecified atom stereocenters. The summed E-state index contributed by atoms with van der Waals surface area (Å²) in [5, 5.41) is 8.44. The van der Waals surface area contributed by atoms with Crippen molar-refractivity contribution >= 4 is 22.6 Å². The molecule has 134 valence electrons. The van der Waals surface area contributed by atoms with Crippen molar-refractivity contribution in [3.8, 4) is 11.1 Å². The number of hydrogen-bond donors (Lipinski definition) is 1. The number of rotatable bonds is 4. The predicted octanol–water partition coefficient (Wildman–Crippen LogP) is 4.35. The number of fused-ring (bicyclic) bond motifs is 1. The number of hydrogen-bond acceptors (Lipinski definition) is 3. The summed E-state index contributed by atoms with van der Waals surface area (Å²) in [5.41, 5.74) is 5.75. The third kappa shape index (κ3) is 3.44. The van der Waals surface area contributed by atoms with Gasteiger partial charge >= 0.3 is 0 Å². The van der Waals surface area contributed by atoms with E-state index < -0.39 is 0 Å². The Morgan fingerprint density at radius 3 is 2.48 bits per heavy atom. The molecule has 0 aliphatic heterocycles. The summed E-state index contributed by atoms with van der Waals surface area (Å²) in [6.07, 6.45) is 1.77. The number of carbonyl (C=O) groups is 1. The average molecular weight is 356 g/mol. The summed E-state index contributed by atoms with van der Waals surface area (Å²) in [7, 11) is 0. The molecule has 0 aliphatic carbocycles. The molecule has 0 fully saturated rings. The summed E-state index contributed by atoms with van der Waals surface area (Å²) in [6.45, 7) is 4.14. The first kappa shape index (κ1) is 17.0. The van der Waals surface area contributed by atoms with E-state index in [1.807, 2.05) is 43.3 Å². The van der Waals surface area contributed by atoms with E-state index in [0.717, 1.165) is 27.9 Å². The van der Waals surface area contributed by atoms with Crippen molar-refractivity contribution in [2.45, 2.75) is 20.4 Å². The van der Waals surface area contributed by atoms with Gasteiger partial charge < -0.3 is 5.32 Å². The third-order valence-electron chi connectivity index (χ3n) is 4.52. The molecular weight excluding hydrogens is 336 g/mol. The Hall–Kier alpha value is -3.47. The monoisotopic (exact) mass is 356 g/mol. The van der Waals surface area contributed by atoms with Crippen LogP contribution in [0.3, 0.4) is 0 Å². The Morgan fingerprint density at radius 2 is 1.74 bits per heavy atom. The van der Waals surface area contributed by atoms with Gasteiger partial charge in [-0.05, 0) is 43.2 Å². The first-order chi connectivity index (χ1) is 13.1. The van der Waals surface area contributed by atoms with Crippen molar-refractivity contribution in [1.29, 1.82) is 0 Å². The van der Waals surface area contributed by atoms with Crippen LogP contribution >= 0.6 is 0 Å². The molecule has 0 bridgehead atoms. The molecule has 0 spiro atoms. The van der Waals surface area contributed by atoms with Gasteiger partial charge in [0.2, 0.25) is 5.91 Å². The lowest BCUT2D eigenvalue weighted by Crippen LogP contribution is -2.19. The largest absolute Gasteiger partial charge is 0.324 e. The van der Waals surface area contributed by atoms with E-state index in [9.17, 15) is 4.79 Å². The number of nitrogens with one attached hydrogen (secondary N) is 1. The molecule has 27 heavy (non-hydrogen) atoms. The van der Waals surface area contributed by atoms with Crippen LogP contribution in [0.25, 0.3) is 22.2 Å². The fourth-order valence-electron chi connectivity index (χ4n) is 3.22. The first-order valence-corrected chi connectivity index (χ1v) is 8.86. The van der Waals surface area contributed by atoms with E-state index in [2.05, 4.69) is 46.6 Å². The molecule has 0 aliphatic rings. The predicted molar refractivity (Wildman–Crippen MR) is 108 cm³/mol. The molecule has 1 amide bonds. The number of nitrogens with zero attached hydrogens (tertiary/aromatic N) is 3. The van der Waals surface area contributed by atoms with E-state index in [1.165, 1.54) is 5.56 Å². The van der Waals surface area contributed by atoms with Crippen molar-refractivity contribution in [1.82, 2.24) is 14.8 Å². The molecule has 0 saturated heterocycles. The SMILES string of the molecule is Cc1ccc(-c2ccnc3c2c(C)nn3CC(=O)Nc2ccccc2)cc1. The van der Waals surface area contributed by atoms with Crippen LogP contribution in [0.4, 0.5) is 5.69 Å². The molecule has 5 heteroatoms. The first-order valence-electron chi connectivity index (χ1n) is 8.86. The highest BCUT2D eigenvalue weighted by atomic mass is 16.2. The maximum absolute atomic E-state index is 12.4. The van der Waals surface area contributed by atoms with Crippen LogP contribution < -0.4 is 5.32 Å². The van der Waals surface area contributed by atoms with Gasteiger partial charge in [0, 0.05) is 17.3 Å². The lowest BCUT2D eigenvalue weighted by Gasteiger charge is -2.07. The van der Waals surface area contributed by atoms with Crippen LogP contribution in [0, 0.1) is 13.8 Å². The Morgan fingerprint density at radius 1 is 1.00 bits per heavy atom. The maximum atomic E-state index is 12.4. The van der Waals surface area contributed by atoms with Gasteiger partial charge in [-0.25, -0.2) is 9.67 Å². The molecule has 1 N–H and O–H groups in total. The number of benzene rings is 2. The molecule has 5 nitrogen and oxygen atoms in total. The quantitative estimate of drug-likeness (QED) is 0.591. The second-order valence-corrected chi connectivity index (χ2v) is 6.58. The Balaban J connectivity index is 1.68.